The van der Waals surface area contributed by atoms with Gasteiger partial charge < -0.3 is 4.74 Å². The molecule has 0 bridgehead atoms. The number of hydrazine groups is 1. The monoisotopic (exact) mass is 467 g/mol. The smallest absolute Gasteiger partial charge is 0.273 e. The topological polar surface area (TPSA) is 87.7 Å². The number of benzene rings is 2. The number of allylic oxidation sites excluding steroid dienone is 2. The third-order valence-electron chi connectivity index (χ3n) is 4.44. The van der Waals surface area contributed by atoms with Gasteiger partial charge in [0.25, 0.3) is 11.8 Å². The van der Waals surface area contributed by atoms with Crippen LogP contribution >= 0.6 is 24.0 Å². The van der Waals surface area contributed by atoms with Crippen LogP contribution in [0, 0.1) is 0 Å². The lowest BCUT2D eigenvalue weighted by Gasteiger charge is -2.14. The van der Waals surface area contributed by atoms with Crippen LogP contribution in [-0.4, -0.2) is 40.6 Å². The molecule has 3 rings (SSSR count). The Hall–Kier alpha value is -3.43. The van der Waals surface area contributed by atoms with Gasteiger partial charge in [-0.3, -0.25) is 30.1 Å². The van der Waals surface area contributed by atoms with Crippen molar-refractivity contribution < 1.29 is 19.1 Å². The molecule has 1 aliphatic rings. The van der Waals surface area contributed by atoms with Gasteiger partial charge in [-0.1, -0.05) is 78.6 Å². The van der Waals surface area contributed by atoms with E-state index in [4.69, 9.17) is 17.0 Å². The zero-order chi connectivity index (χ0) is 22.9. The van der Waals surface area contributed by atoms with Gasteiger partial charge in [0.1, 0.15) is 10.1 Å². The summed E-state index contributed by atoms with van der Waals surface area (Å²) >= 11 is 6.47. The van der Waals surface area contributed by atoms with E-state index >= 15 is 0 Å². The SMILES string of the molecule is COc1ccccc1C(=O)NNC(=O)CCN1C(=O)C(=CC=Cc2ccccc2)SC1=S. The van der Waals surface area contributed by atoms with Crippen molar-refractivity contribution in [2.24, 2.45) is 0 Å². The molecular formula is C23H21N3O4S2. The first kappa shape index (κ1) is 23.2. The number of nitrogens with zero attached hydrogens (tertiary/aromatic N) is 1. The number of nitrogens with one attached hydrogen (secondary N) is 2. The molecular weight excluding hydrogens is 446 g/mol. The van der Waals surface area contributed by atoms with E-state index in [2.05, 4.69) is 10.9 Å². The van der Waals surface area contributed by atoms with Gasteiger partial charge in [0.2, 0.25) is 5.91 Å². The lowest BCUT2D eigenvalue weighted by Crippen LogP contribution is -2.43. The minimum absolute atomic E-state index is 0.0220. The summed E-state index contributed by atoms with van der Waals surface area (Å²) in [6, 6.07) is 16.4. The standard InChI is InChI=1S/C23H21N3O4S2/c1-30-18-12-6-5-11-17(18)21(28)25-24-20(27)14-15-26-22(29)19(32-23(26)31)13-7-10-16-8-3-2-4-9-16/h2-13H,14-15H2,1H3,(H,24,27)(H,25,28). The Morgan fingerprint density at radius 2 is 1.81 bits per heavy atom. The number of thioether (sulfide) groups is 1. The van der Waals surface area contributed by atoms with Crippen molar-refractivity contribution in [1.82, 2.24) is 15.8 Å². The van der Waals surface area contributed by atoms with E-state index in [1.54, 1.807) is 36.4 Å². The fraction of sp³-hybridized carbons (Fsp3) is 0.130. The van der Waals surface area contributed by atoms with Gasteiger partial charge in [-0.15, -0.1) is 0 Å². The molecule has 1 fully saturated rings. The quantitative estimate of drug-likeness (QED) is 0.369. The molecule has 0 aliphatic carbocycles. The van der Waals surface area contributed by atoms with E-state index in [1.165, 1.54) is 23.8 Å². The molecule has 2 aromatic carbocycles. The Bertz CT molecular complexity index is 1080. The largest absolute Gasteiger partial charge is 0.496 e. The van der Waals surface area contributed by atoms with Crippen molar-refractivity contribution in [2.45, 2.75) is 6.42 Å². The molecule has 164 valence electrons. The number of rotatable bonds is 7. The summed E-state index contributed by atoms with van der Waals surface area (Å²) in [5, 5.41) is 0. The van der Waals surface area contributed by atoms with Crippen LogP contribution in [0.4, 0.5) is 0 Å². The number of carbonyl (C=O) groups is 3. The molecule has 1 aliphatic heterocycles. The molecule has 1 heterocycles. The molecule has 0 radical (unpaired) electrons. The van der Waals surface area contributed by atoms with Crippen molar-refractivity contribution in [1.29, 1.82) is 0 Å². The number of ether oxygens (including phenoxy) is 1. The van der Waals surface area contributed by atoms with Crippen molar-refractivity contribution in [3.63, 3.8) is 0 Å². The van der Waals surface area contributed by atoms with Crippen LogP contribution in [0.1, 0.15) is 22.3 Å². The first-order chi connectivity index (χ1) is 15.5. The van der Waals surface area contributed by atoms with Crippen LogP contribution in [-0.2, 0) is 9.59 Å². The summed E-state index contributed by atoms with van der Waals surface area (Å²) in [6.45, 7) is 0.112. The second-order valence-electron chi connectivity index (χ2n) is 6.58. The zero-order valence-electron chi connectivity index (χ0n) is 17.2. The maximum Gasteiger partial charge on any atom is 0.273 e. The molecule has 3 amide bonds. The summed E-state index contributed by atoms with van der Waals surface area (Å²) in [5.41, 5.74) is 6.00. The minimum atomic E-state index is -0.505. The Morgan fingerprint density at radius 3 is 2.56 bits per heavy atom. The van der Waals surface area contributed by atoms with E-state index in [0.29, 0.717) is 20.5 Å². The highest BCUT2D eigenvalue weighted by molar-refractivity contribution is 8.26. The summed E-state index contributed by atoms with van der Waals surface area (Å²) in [7, 11) is 1.46. The van der Waals surface area contributed by atoms with Crippen LogP contribution in [0.25, 0.3) is 6.08 Å². The number of para-hydroxylation sites is 1. The Balaban J connectivity index is 1.49. The Labute approximate surface area is 195 Å². The second kappa shape index (κ2) is 11.3. The molecule has 2 N–H and O–H groups in total. The first-order valence-corrected chi connectivity index (χ1v) is 10.9. The zero-order valence-corrected chi connectivity index (χ0v) is 18.9. The molecule has 0 saturated carbocycles. The second-order valence-corrected chi connectivity index (χ2v) is 8.25. The van der Waals surface area contributed by atoms with E-state index in [1.807, 2.05) is 36.4 Å². The third-order valence-corrected chi connectivity index (χ3v) is 5.83. The average Bonchev–Trinajstić information content (AvgIpc) is 3.09. The minimum Gasteiger partial charge on any atom is -0.496 e. The number of methoxy groups -OCH3 is 1. The van der Waals surface area contributed by atoms with E-state index in [9.17, 15) is 14.4 Å². The molecule has 32 heavy (non-hydrogen) atoms. The lowest BCUT2D eigenvalue weighted by molar-refractivity contribution is -0.124. The van der Waals surface area contributed by atoms with Gasteiger partial charge >= 0.3 is 0 Å². The Kier molecular flexibility index (Phi) is 8.18. The maximum atomic E-state index is 12.6. The summed E-state index contributed by atoms with van der Waals surface area (Å²) < 4.78 is 5.52. The van der Waals surface area contributed by atoms with Gasteiger partial charge in [-0.25, -0.2) is 0 Å². The summed E-state index contributed by atoms with van der Waals surface area (Å²) in [5.74, 6) is -0.807. The number of thiocarbonyl (C=S) groups is 1. The Morgan fingerprint density at radius 1 is 1.09 bits per heavy atom. The van der Waals surface area contributed by atoms with Crippen molar-refractivity contribution in [2.75, 3.05) is 13.7 Å². The lowest BCUT2D eigenvalue weighted by atomic mass is 10.2. The molecule has 0 unspecified atom stereocenters. The highest BCUT2D eigenvalue weighted by Gasteiger charge is 2.31. The fourth-order valence-electron chi connectivity index (χ4n) is 2.82. The number of amides is 3. The van der Waals surface area contributed by atoms with Crippen LogP contribution in [0.2, 0.25) is 0 Å². The highest BCUT2D eigenvalue weighted by Crippen LogP contribution is 2.31. The average molecular weight is 468 g/mol. The fourth-order valence-corrected chi connectivity index (χ4v) is 4.08. The summed E-state index contributed by atoms with van der Waals surface area (Å²) in [6.07, 6.45) is 5.37. The van der Waals surface area contributed by atoms with E-state index < -0.39 is 11.8 Å². The van der Waals surface area contributed by atoms with Crippen molar-refractivity contribution in [3.8, 4) is 5.75 Å². The highest BCUT2D eigenvalue weighted by atomic mass is 32.2. The first-order valence-electron chi connectivity index (χ1n) is 9.69. The van der Waals surface area contributed by atoms with Crippen LogP contribution < -0.4 is 15.6 Å². The molecule has 2 aromatic rings. The van der Waals surface area contributed by atoms with Crippen molar-refractivity contribution in [3.05, 3.63) is 82.8 Å². The summed E-state index contributed by atoms with van der Waals surface area (Å²) in [4.78, 5) is 38.8. The van der Waals surface area contributed by atoms with Crippen LogP contribution in [0.5, 0.6) is 5.75 Å². The molecule has 7 nitrogen and oxygen atoms in total. The normalized spacial score (nSPS) is 14.8. The van der Waals surface area contributed by atoms with Gasteiger partial charge in [0.05, 0.1) is 17.6 Å². The molecule has 1 saturated heterocycles. The third kappa shape index (κ3) is 6.05. The van der Waals surface area contributed by atoms with E-state index in [0.717, 1.165) is 5.56 Å². The predicted octanol–water partition coefficient (Wildman–Crippen LogP) is 3.30. The number of carbonyl (C=O) groups excluding carboxylic acids is 3. The van der Waals surface area contributed by atoms with E-state index in [-0.39, 0.29) is 18.9 Å². The predicted molar refractivity (Wildman–Crippen MR) is 129 cm³/mol. The molecule has 0 spiro atoms. The molecule has 9 heteroatoms. The molecule has 0 aromatic heterocycles. The number of hydrogen-bond donors (Lipinski definition) is 2. The van der Waals surface area contributed by atoms with Gasteiger partial charge in [0.15, 0.2) is 0 Å². The van der Waals surface area contributed by atoms with Gasteiger partial charge in [0, 0.05) is 13.0 Å². The van der Waals surface area contributed by atoms with Gasteiger partial charge in [-0.2, -0.15) is 0 Å². The van der Waals surface area contributed by atoms with Crippen molar-refractivity contribution >= 4 is 52.1 Å². The van der Waals surface area contributed by atoms with Gasteiger partial charge in [-0.05, 0) is 23.8 Å². The van der Waals surface area contributed by atoms with Crippen LogP contribution in [0.15, 0.2) is 71.7 Å². The number of hydrogen-bond acceptors (Lipinski definition) is 6. The molecule has 0 atom stereocenters. The van der Waals surface area contributed by atoms with Crippen LogP contribution in [0.3, 0.4) is 0 Å². The maximum absolute atomic E-state index is 12.6.